The molecule has 2 nitrogen and oxygen atoms in total. The first kappa shape index (κ1) is 53.1. The molecule has 0 atom stereocenters. The van der Waals surface area contributed by atoms with Crippen molar-refractivity contribution in [3.8, 4) is 50.2 Å². The molecule has 0 aliphatic carbocycles. The van der Waals surface area contributed by atoms with Crippen LogP contribution in [-0.2, 0) is 5.41 Å². The highest BCUT2D eigenvalue weighted by molar-refractivity contribution is 7.23. The molecule has 17 aromatic carbocycles. The Hall–Kier alpha value is -11.6. The van der Waals surface area contributed by atoms with Gasteiger partial charge >= 0.3 is 0 Å². The van der Waals surface area contributed by atoms with Crippen LogP contribution in [0.4, 0.5) is 17.1 Å². The van der Waals surface area contributed by atoms with Crippen LogP contribution in [0.2, 0.25) is 0 Å². The van der Waals surface area contributed by atoms with Gasteiger partial charge in [-0.25, -0.2) is 0 Å². The summed E-state index contributed by atoms with van der Waals surface area (Å²) in [6.07, 6.45) is 0. The lowest BCUT2D eigenvalue weighted by molar-refractivity contribution is 0.632. The van der Waals surface area contributed by atoms with Crippen molar-refractivity contribution in [3.05, 3.63) is 339 Å². The number of rotatable bonds is 7. The molecular formula is C91H60N2Si. The highest BCUT2D eigenvalue weighted by Crippen LogP contribution is 2.55. The molecule has 1 aromatic heterocycles. The van der Waals surface area contributed by atoms with Crippen molar-refractivity contribution in [2.24, 2.45) is 0 Å². The molecule has 18 aromatic rings. The van der Waals surface area contributed by atoms with Crippen LogP contribution in [0, 0.1) is 0 Å². The summed E-state index contributed by atoms with van der Waals surface area (Å²) in [5.74, 6) is 0. The largest absolute Gasteiger partial charge is 0.310 e. The summed E-state index contributed by atoms with van der Waals surface area (Å²) < 4.78 is 2.56. The molecule has 0 unspecified atom stereocenters. The molecule has 0 fully saturated rings. The Labute approximate surface area is 546 Å². The maximum atomic E-state index is 2.56. The van der Waals surface area contributed by atoms with Gasteiger partial charge in [0.05, 0.1) is 28.1 Å². The summed E-state index contributed by atoms with van der Waals surface area (Å²) in [4.78, 5) is 2.50. The normalized spacial score (nSPS) is 13.8. The second kappa shape index (κ2) is 19.9. The highest BCUT2D eigenvalue weighted by Gasteiger charge is 2.50. The predicted molar refractivity (Wildman–Crippen MR) is 403 cm³/mol. The van der Waals surface area contributed by atoms with E-state index in [0.717, 1.165) is 5.69 Å². The Morgan fingerprint density at radius 2 is 0.798 bits per heavy atom. The van der Waals surface area contributed by atoms with Gasteiger partial charge in [-0.15, -0.1) is 0 Å². The average molecular weight is 1210 g/mol. The first-order valence-electron chi connectivity index (χ1n) is 33.0. The van der Waals surface area contributed by atoms with Crippen LogP contribution in [0.15, 0.2) is 328 Å². The number of fused-ring (bicyclic) bond motifs is 12. The monoisotopic (exact) mass is 1210 g/mol. The van der Waals surface area contributed by atoms with Crippen molar-refractivity contribution in [2.45, 2.75) is 19.3 Å². The summed E-state index contributed by atoms with van der Waals surface area (Å²) >= 11 is 0. The van der Waals surface area contributed by atoms with Gasteiger partial charge in [-0.05, 0) is 202 Å². The van der Waals surface area contributed by atoms with Crippen LogP contribution in [0.25, 0.3) is 137 Å². The van der Waals surface area contributed by atoms with Gasteiger partial charge in [-0.3, -0.25) is 0 Å². The van der Waals surface area contributed by atoms with Crippen LogP contribution < -0.4 is 25.6 Å². The van der Waals surface area contributed by atoms with Crippen LogP contribution in [0.1, 0.15) is 25.0 Å². The van der Waals surface area contributed by atoms with E-state index in [1.165, 1.54) is 180 Å². The molecule has 0 amide bonds. The van der Waals surface area contributed by atoms with E-state index in [-0.39, 0.29) is 5.41 Å². The van der Waals surface area contributed by atoms with Crippen LogP contribution in [0.5, 0.6) is 0 Å². The van der Waals surface area contributed by atoms with E-state index in [4.69, 9.17) is 0 Å². The third-order valence-corrected chi connectivity index (χ3v) is 26.4. The number of nitrogens with zero attached hydrogens (tertiary/aromatic N) is 2. The molecule has 0 saturated carbocycles. The van der Waals surface area contributed by atoms with E-state index < -0.39 is 8.07 Å². The molecule has 0 spiro atoms. The first-order valence-corrected chi connectivity index (χ1v) is 35.0. The number of hydrogen-bond donors (Lipinski definition) is 0. The maximum absolute atomic E-state index is 2.80. The molecule has 438 valence electrons. The predicted octanol–water partition coefficient (Wildman–Crippen LogP) is 21.6. The van der Waals surface area contributed by atoms with Crippen LogP contribution in [0.3, 0.4) is 0 Å². The van der Waals surface area contributed by atoms with Gasteiger partial charge in [0.25, 0.3) is 0 Å². The molecule has 0 N–H and O–H groups in total. The summed E-state index contributed by atoms with van der Waals surface area (Å²) in [5, 5.41) is 23.6. The summed E-state index contributed by atoms with van der Waals surface area (Å²) in [5.41, 5.74) is 19.4. The lowest BCUT2D eigenvalue weighted by Gasteiger charge is -2.42. The third-order valence-electron chi connectivity index (χ3n) is 21.5. The van der Waals surface area contributed by atoms with Crippen molar-refractivity contribution in [1.29, 1.82) is 0 Å². The number of benzene rings is 17. The van der Waals surface area contributed by atoms with Gasteiger partial charge in [0, 0.05) is 27.3 Å². The van der Waals surface area contributed by atoms with Crippen molar-refractivity contribution in [2.75, 3.05) is 4.90 Å². The van der Waals surface area contributed by atoms with Crippen molar-refractivity contribution in [3.63, 3.8) is 0 Å². The fraction of sp³-hybridized carbons (Fsp3) is 0.0330. The van der Waals surface area contributed by atoms with E-state index >= 15 is 0 Å². The Kier molecular flexibility index (Phi) is 11.3. The minimum atomic E-state index is -2.80. The first-order chi connectivity index (χ1) is 46.4. The molecule has 3 heterocycles. The Morgan fingerprint density at radius 3 is 1.52 bits per heavy atom. The van der Waals surface area contributed by atoms with Gasteiger partial charge in [-0.1, -0.05) is 275 Å². The lowest BCUT2D eigenvalue weighted by atomic mass is 9.72. The van der Waals surface area contributed by atoms with Gasteiger partial charge in [0.1, 0.15) is 0 Å². The standard InChI is InChI=1S/C91H60N2Si/c1-91(2)78-54-60(46-50-82(78)92(63-27-6-3-7-28-63)83-51-47-61(55-79(83)91)86-70-36-14-16-38-72(70)89(73-39-17-15-37-71(73)86)69-40-22-25-57-24-12-13-33-66(57)69)59-45-49-81-76(52-59)67-34-18-20-42-80(67)93(81)84-56-62-53-77-68-35-19-21-43-85(68)94(64-29-8-4-9-30-64,65-31-10-5-11-32-65)90(77)75-48-44-58-26-23-41-74(84)87(58)88(62)75/h3-56H,1-2H3. The third kappa shape index (κ3) is 7.30. The van der Waals surface area contributed by atoms with Gasteiger partial charge in [-0.2, -0.15) is 0 Å². The zero-order valence-corrected chi connectivity index (χ0v) is 53.1. The van der Waals surface area contributed by atoms with E-state index in [2.05, 4.69) is 351 Å². The molecule has 0 saturated heterocycles. The Morgan fingerprint density at radius 1 is 0.287 bits per heavy atom. The van der Waals surface area contributed by atoms with Gasteiger partial charge < -0.3 is 9.47 Å². The van der Waals surface area contributed by atoms with Crippen LogP contribution >= 0.6 is 0 Å². The van der Waals surface area contributed by atoms with Crippen LogP contribution in [-0.4, -0.2) is 12.6 Å². The number of para-hydroxylation sites is 2. The zero-order chi connectivity index (χ0) is 62.0. The minimum Gasteiger partial charge on any atom is -0.310 e. The topological polar surface area (TPSA) is 8.17 Å². The van der Waals surface area contributed by atoms with Crippen molar-refractivity contribution in [1.82, 2.24) is 4.57 Å². The van der Waals surface area contributed by atoms with Gasteiger partial charge in [0.2, 0.25) is 0 Å². The second-order valence-corrected chi connectivity index (χ2v) is 30.2. The van der Waals surface area contributed by atoms with E-state index in [9.17, 15) is 0 Å². The fourth-order valence-corrected chi connectivity index (χ4v) is 22.9. The van der Waals surface area contributed by atoms with Crippen molar-refractivity contribution < 1.29 is 0 Å². The molecule has 3 heteroatoms. The SMILES string of the molecule is CC1(C)c2cc(-c3ccc4c(c3)c3ccccc3n4-c3cc4cc5c(c6ccc7cccc3c7c46)[Si](c3ccccc3)(c3ccccc3)c3ccccc3-5)ccc2N(c2ccccc2)c2ccc(-c3c4ccccc4c(-c4cccc5ccccc45)c4ccccc34)cc21. The number of aromatic nitrogens is 1. The molecular weight excluding hydrogens is 1150 g/mol. The van der Waals surface area contributed by atoms with E-state index in [0.29, 0.717) is 0 Å². The minimum absolute atomic E-state index is 0.390. The molecule has 2 aliphatic heterocycles. The Balaban J connectivity index is 0.757. The highest BCUT2D eigenvalue weighted by atomic mass is 28.3. The Bertz CT molecular complexity index is 6100. The van der Waals surface area contributed by atoms with E-state index in [1.807, 2.05) is 0 Å². The molecule has 2 aliphatic rings. The fourth-order valence-electron chi connectivity index (χ4n) is 17.5. The summed E-state index contributed by atoms with van der Waals surface area (Å²) in [7, 11) is -2.80. The lowest BCUT2D eigenvalue weighted by Crippen LogP contribution is -2.73. The van der Waals surface area contributed by atoms with E-state index in [1.54, 1.807) is 0 Å². The van der Waals surface area contributed by atoms with Crippen molar-refractivity contribution >= 4 is 132 Å². The second-order valence-electron chi connectivity index (χ2n) is 26.5. The number of anilines is 3. The summed E-state index contributed by atoms with van der Waals surface area (Å²) in [6, 6.07) is 124. The molecule has 0 bridgehead atoms. The van der Waals surface area contributed by atoms with Gasteiger partial charge in [0.15, 0.2) is 8.07 Å². The quantitative estimate of drug-likeness (QED) is 0.0877. The zero-order valence-electron chi connectivity index (χ0n) is 52.1. The molecule has 94 heavy (non-hydrogen) atoms. The summed E-state index contributed by atoms with van der Waals surface area (Å²) in [6.45, 7) is 4.87. The smallest absolute Gasteiger partial charge is 0.181 e. The average Bonchev–Trinajstić information content (AvgIpc) is 1.48. The maximum Gasteiger partial charge on any atom is 0.181 e. The number of hydrogen-bond acceptors (Lipinski definition) is 1. The molecule has 0 radical (unpaired) electrons. The molecule has 20 rings (SSSR count).